The fraction of sp³-hybridized carbons (Fsp3) is 0.417. The zero-order valence-electron chi connectivity index (χ0n) is 18.2. The maximum Gasteiger partial charge on any atom is 0.271 e. The molecule has 7 nitrogen and oxygen atoms in total. The van der Waals surface area contributed by atoms with Gasteiger partial charge in [-0.05, 0) is 79.8 Å². The molecule has 1 aliphatic heterocycles. The van der Waals surface area contributed by atoms with Crippen LogP contribution >= 0.6 is 0 Å². The first-order chi connectivity index (χ1) is 15.8. The summed E-state index contributed by atoms with van der Waals surface area (Å²) in [6, 6.07) is 4.29. The molecule has 0 spiro atoms. The molecule has 1 aromatic heterocycles. The fourth-order valence-electron chi connectivity index (χ4n) is 5.19. The number of aromatic nitrogens is 2. The number of rotatable bonds is 6. The Morgan fingerprint density at radius 1 is 1.24 bits per heavy atom. The smallest absolute Gasteiger partial charge is 0.271 e. The number of ether oxygens (including phenoxy) is 1. The lowest BCUT2D eigenvalue weighted by atomic mass is 9.84. The Balaban J connectivity index is 1.54. The molecule has 9 heteroatoms. The number of halogens is 2. The average molecular weight is 451 g/mol. The Kier molecular flexibility index (Phi) is 5.23. The van der Waals surface area contributed by atoms with E-state index in [0.717, 1.165) is 23.1 Å². The number of anilines is 1. The predicted octanol–water partition coefficient (Wildman–Crippen LogP) is 4.68. The standard InChI is InChI=1S/C24H23F2N5O2/c1-11-6-13(4-3-5-27)7-12(2)20(11)33-23-17-18(21(25)26)29-22(32)19(17)30-24(31-23)28-16-10-14-8-15(16)9-14/h3-4,6-7,14-16,18,21H,8-10H2,1-2H3,(H,29,32)(H,28,30,31)/b4-3+/t14?,15?,16?,18-/m0/s1. The topological polar surface area (TPSA) is 99.9 Å². The molecular weight excluding hydrogens is 428 g/mol. The van der Waals surface area contributed by atoms with E-state index in [1.54, 1.807) is 6.08 Å². The maximum atomic E-state index is 13.8. The van der Waals surface area contributed by atoms with Crippen LogP contribution in [0.1, 0.15) is 58.0 Å². The molecule has 33 heavy (non-hydrogen) atoms. The van der Waals surface area contributed by atoms with Gasteiger partial charge in [0.2, 0.25) is 11.8 Å². The molecular formula is C24H23F2N5O2. The molecule has 4 aliphatic rings. The minimum Gasteiger partial charge on any atom is -0.438 e. The van der Waals surface area contributed by atoms with Crippen molar-refractivity contribution < 1.29 is 18.3 Å². The number of nitriles is 1. The molecule has 3 saturated carbocycles. The number of alkyl halides is 2. The van der Waals surface area contributed by atoms with Gasteiger partial charge in [-0.2, -0.15) is 10.2 Å². The molecule has 1 aromatic carbocycles. The van der Waals surface area contributed by atoms with E-state index in [-0.39, 0.29) is 29.1 Å². The highest BCUT2D eigenvalue weighted by Crippen LogP contribution is 2.49. The number of fused-ring (bicyclic) bond motifs is 2. The Hall–Kier alpha value is -3.54. The van der Waals surface area contributed by atoms with Gasteiger partial charge in [0, 0.05) is 12.1 Å². The second-order valence-electron chi connectivity index (χ2n) is 9.03. The Labute approximate surface area is 189 Å². The van der Waals surface area contributed by atoms with Crippen LogP contribution in [0.2, 0.25) is 0 Å². The number of nitrogens with one attached hydrogen (secondary N) is 2. The van der Waals surface area contributed by atoms with E-state index in [9.17, 15) is 13.6 Å². The van der Waals surface area contributed by atoms with Crippen molar-refractivity contribution in [1.82, 2.24) is 15.3 Å². The van der Waals surface area contributed by atoms with Gasteiger partial charge in [0.25, 0.3) is 12.3 Å². The number of allylic oxidation sites excluding steroid dienone is 1. The van der Waals surface area contributed by atoms with Gasteiger partial charge in [-0.3, -0.25) is 4.79 Å². The Morgan fingerprint density at radius 2 is 1.97 bits per heavy atom. The third kappa shape index (κ3) is 3.80. The van der Waals surface area contributed by atoms with Crippen molar-refractivity contribution in [2.45, 2.75) is 51.6 Å². The predicted molar refractivity (Wildman–Crippen MR) is 117 cm³/mol. The van der Waals surface area contributed by atoms with E-state index in [1.807, 2.05) is 32.0 Å². The van der Waals surface area contributed by atoms with Crippen LogP contribution in [0.4, 0.5) is 14.7 Å². The van der Waals surface area contributed by atoms with Gasteiger partial charge in [0.05, 0.1) is 11.6 Å². The van der Waals surface area contributed by atoms with E-state index in [1.165, 1.54) is 18.9 Å². The van der Waals surface area contributed by atoms with Crippen LogP contribution in [0.25, 0.3) is 6.08 Å². The number of carbonyl (C=O) groups is 1. The molecule has 1 amide bonds. The van der Waals surface area contributed by atoms with E-state index >= 15 is 0 Å². The number of amides is 1. The number of hydrogen-bond acceptors (Lipinski definition) is 6. The van der Waals surface area contributed by atoms with Crippen molar-refractivity contribution in [2.75, 3.05) is 5.32 Å². The summed E-state index contributed by atoms with van der Waals surface area (Å²) >= 11 is 0. The van der Waals surface area contributed by atoms with Crippen LogP contribution in [0.5, 0.6) is 11.6 Å². The van der Waals surface area contributed by atoms with Crippen LogP contribution < -0.4 is 15.4 Å². The van der Waals surface area contributed by atoms with Gasteiger partial charge >= 0.3 is 0 Å². The highest BCUT2D eigenvalue weighted by molar-refractivity contribution is 5.98. The van der Waals surface area contributed by atoms with E-state index in [2.05, 4.69) is 20.6 Å². The van der Waals surface area contributed by atoms with Crippen molar-refractivity contribution in [3.8, 4) is 17.7 Å². The summed E-state index contributed by atoms with van der Waals surface area (Å²) in [5.41, 5.74) is 2.20. The highest BCUT2D eigenvalue weighted by atomic mass is 19.3. The zero-order chi connectivity index (χ0) is 23.3. The monoisotopic (exact) mass is 451 g/mol. The van der Waals surface area contributed by atoms with Crippen molar-refractivity contribution >= 4 is 17.9 Å². The van der Waals surface area contributed by atoms with Gasteiger partial charge in [-0.15, -0.1) is 0 Å². The number of nitrogens with zero attached hydrogens (tertiary/aromatic N) is 3. The number of hydrogen-bond donors (Lipinski definition) is 2. The minimum absolute atomic E-state index is 0.0245. The van der Waals surface area contributed by atoms with Gasteiger partial charge in [-0.1, -0.05) is 0 Å². The minimum atomic E-state index is -2.83. The molecule has 6 rings (SSSR count). The maximum absolute atomic E-state index is 13.8. The molecule has 3 aliphatic carbocycles. The third-order valence-electron chi connectivity index (χ3n) is 6.75. The number of benzene rings is 1. The summed E-state index contributed by atoms with van der Waals surface area (Å²) < 4.78 is 33.6. The van der Waals surface area contributed by atoms with Crippen LogP contribution in [0.3, 0.4) is 0 Å². The summed E-state index contributed by atoms with van der Waals surface area (Å²) in [6.45, 7) is 3.65. The normalized spacial score (nSPS) is 25.0. The SMILES string of the molecule is Cc1cc(/C=C/C#N)cc(C)c1Oc1nc(NC2CC3CC2C3)nc2c1[C@@H](C(F)F)NC2=O. The van der Waals surface area contributed by atoms with Crippen molar-refractivity contribution in [1.29, 1.82) is 5.26 Å². The first-order valence-electron chi connectivity index (χ1n) is 11.0. The van der Waals surface area contributed by atoms with Gasteiger partial charge in [0.1, 0.15) is 17.5 Å². The van der Waals surface area contributed by atoms with Crippen molar-refractivity contribution in [3.05, 3.63) is 46.2 Å². The lowest BCUT2D eigenvalue weighted by Crippen LogP contribution is -2.25. The molecule has 2 atom stereocenters. The van der Waals surface area contributed by atoms with Gasteiger partial charge in [0.15, 0.2) is 0 Å². The lowest BCUT2D eigenvalue weighted by molar-refractivity contribution is 0.0801. The van der Waals surface area contributed by atoms with Crippen LogP contribution in [0, 0.1) is 37.0 Å². The van der Waals surface area contributed by atoms with Gasteiger partial charge in [-0.25, -0.2) is 13.8 Å². The molecule has 170 valence electrons. The van der Waals surface area contributed by atoms with E-state index in [4.69, 9.17) is 10.00 Å². The first kappa shape index (κ1) is 21.3. The molecule has 2 heterocycles. The molecule has 0 saturated heterocycles. The van der Waals surface area contributed by atoms with Gasteiger partial charge < -0.3 is 15.4 Å². The second-order valence-corrected chi connectivity index (χ2v) is 9.03. The second kappa shape index (κ2) is 8.10. The molecule has 3 fully saturated rings. The summed E-state index contributed by atoms with van der Waals surface area (Å²) in [6.07, 6.45) is 3.58. The number of aryl methyl sites for hydroxylation is 2. The zero-order valence-corrected chi connectivity index (χ0v) is 18.2. The van der Waals surface area contributed by atoms with Crippen molar-refractivity contribution in [3.63, 3.8) is 0 Å². The molecule has 2 aromatic rings. The fourth-order valence-corrected chi connectivity index (χ4v) is 5.19. The third-order valence-corrected chi connectivity index (χ3v) is 6.75. The molecule has 1 unspecified atom stereocenters. The molecule has 2 bridgehead atoms. The van der Waals surface area contributed by atoms with Crippen molar-refractivity contribution in [2.24, 2.45) is 11.8 Å². The molecule has 0 radical (unpaired) electrons. The molecule has 2 N–H and O–H groups in total. The van der Waals surface area contributed by atoms with E-state index < -0.39 is 18.4 Å². The average Bonchev–Trinajstić information content (AvgIpc) is 3.41. The summed E-state index contributed by atoms with van der Waals surface area (Å²) in [4.78, 5) is 21.2. The lowest BCUT2D eigenvalue weighted by Gasteiger charge is -2.25. The Bertz CT molecular complexity index is 1180. The number of carbonyl (C=O) groups excluding carboxylic acids is 1. The quantitative estimate of drug-likeness (QED) is 0.619. The largest absolute Gasteiger partial charge is 0.438 e. The van der Waals surface area contributed by atoms with Crippen LogP contribution in [0.15, 0.2) is 18.2 Å². The summed E-state index contributed by atoms with van der Waals surface area (Å²) in [7, 11) is 0. The van der Waals surface area contributed by atoms with E-state index in [0.29, 0.717) is 17.6 Å². The van der Waals surface area contributed by atoms with Crippen LogP contribution in [-0.4, -0.2) is 28.3 Å². The summed E-state index contributed by atoms with van der Waals surface area (Å²) in [5.74, 6) is 1.23. The highest BCUT2D eigenvalue weighted by Gasteiger charge is 2.45. The summed E-state index contributed by atoms with van der Waals surface area (Å²) in [5, 5.41) is 14.4. The van der Waals surface area contributed by atoms with Crippen LogP contribution in [-0.2, 0) is 0 Å². The Morgan fingerprint density at radius 3 is 2.58 bits per heavy atom. The first-order valence-corrected chi connectivity index (χ1v) is 11.0.